The summed E-state index contributed by atoms with van der Waals surface area (Å²) in [6, 6.07) is 19.1. The number of amides is 4. The van der Waals surface area contributed by atoms with E-state index in [-0.39, 0.29) is 17.4 Å². The summed E-state index contributed by atoms with van der Waals surface area (Å²) in [6.45, 7) is 1.25. The van der Waals surface area contributed by atoms with Crippen LogP contribution in [0.25, 0.3) is 6.08 Å². The summed E-state index contributed by atoms with van der Waals surface area (Å²) in [5.41, 5.74) is 2.68. The largest absolute Gasteiger partial charge is 0.495 e. The number of rotatable bonds is 10. The number of carbonyl (C=O) groups excluding carboxylic acids is 4. The van der Waals surface area contributed by atoms with E-state index in [1.165, 1.54) is 20.3 Å². The molecule has 1 aliphatic heterocycles. The molecule has 0 atom stereocenters. The SMILES string of the molecule is COc1ccccc1NC(=O)CN1C(=O)S/C(=C/c2ccc(OCC(=O)Nc3cccc(C)c3)c(OC)c2)C1=O. The zero-order chi connectivity index (χ0) is 28.6. The van der Waals surface area contributed by atoms with E-state index in [0.717, 1.165) is 22.2 Å². The molecular weight excluding hydrogens is 534 g/mol. The molecule has 206 valence electrons. The van der Waals surface area contributed by atoms with Crippen LogP contribution < -0.4 is 24.8 Å². The number of imide groups is 1. The smallest absolute Gasteiger partial charge is 0.294 e. The Hall–Kier alpha value is -4.77. The lowest BCUT2D eigenvalue weighted by atomic mass is 10.2. The number of hydrogen-bond donors (Lipinski definition) is 2. The molecule has 1 aliphatic rings. The number of thioether (sulfide) groups is 1. The number of ether oxygens (including phenoxy) is 3. The van der Waals surface area contributed by atoms with Crippen LogP contribution in [0.2, 0.25) is 0 Å². The van der Waals surface area contributed by atoms with Gasteiger partial charge in [-0.05, 0) is 72.3 Å². The zero-order valence-electron chi connectivity index (χ0n) is 22.1. The molecule has 3 aromatic carbocycles. The van der Waals surface area contributed by atoms with E-state index >= 15 is 0 Å². The van der Waals surface area contributed by atoms with Crippen molar-refractivity contribution < 1.29 is 33.4 Å². The molecular formula is C29H27N3O7S. The third-order valence-corrected chi connectivity index (χ3v) is 6.61. The Morgan fingerprint density at radius 1 is 0.875 bits per heavy atom. The molecule has 1 fully saturated rings. The number of para-hydroxylation sites is 2. The van der Waals surface area contributed by atoms with Gasteiger partial charge in [-0.3, -0.25) is 24.1 Å². The Labute approximate surface area is 235 Å². The van der Waals surface area contributed by atoms with Gasteiger partial charge in [0.2, 0.25) is 5.91 Å². The summed E-state index contributed by atoms with van der Waals surface area (Å²) < 4.78 is 16.2. The predicted molar refractivity (Wildman–Crippen MR) is 153 cm³/mol. The second-order valence-corrected chi connectivity index (χ2v) is 9.63. The van der Waals surface area contributed by atoms with E-state index in [9.17, 15) is 19.2 Å². The van der Waals surface area contributed by atoms with Crippen LogP contribution in [0.1, 0.15) is 11.1 Å². The van der Waals surface area contributed by atoms with Crippen LogP contribution in [-0.2, 0) is 14.4 Å². The molecule has 0 radical (unpaired) electrons. The van der Waals surface area contributed by atoms with Crippen LogP contribution in [0, 0.1) is 6.92 Å². The lowest BCUT2D eigenvalue weighted by Crippen LogP contribution is -2.36. The molecule has 4 rings (SSSR count). The minimum Gasteiger partial charge on any atom is -0.495 e. The summed E-state index contributed by atoms with van der Waals surface area (Å²) in [4.78, 5) is 51.3. The molecule has 1 heterocycles. The van der Waals surface area contributed by atoms with Gasteiger partial charge in [-0.1, -0.05) is 30.3 Å². The fourth-order valence-electron chi connectivity index (χ4n) is 3.83. The molecule has 0 aliphatic carbocycles. The average Bonchev–Trinajstić information content (AvgIpc) is 3.19. The maximum atomic E-state index is 12.9. The number of aryl methyl sites for hydroxylation is 1. The maximum Gasteiger partial charge on any atom is 0.294 e. The van der Waals surface area contributed by atoms with Gasteiger partial charge >= 0.3 is 0 Å². The van der Waals surface area contributed by atoms with Crippen molar-refractivity contribution in [2.75, 3.05) is 38.0 Å². The van der Waals surface area contributed by atoms with Gasteiger partial charge in [0, 0.05) is 5.69 Å². The van der Waals surface area contributed by atoms with Crippen LogP contribution in [0.15, 0.2) is 71.6 Å². The number of benzene rings is 3. The Bertz CT molecular complexity index is 1490. The van der Waals surface area contributed by atoms with E-state index in [0.29, 0.717) is 34.2 Å². The molecule has 4 amide bonds. The number of nitrogens with zero attached hydrogens (tertiary/aromatic N) is 1. The second-order valence-electron chi connectivity index (χ2n) is 8.63. The van der Waals surface area contributed by atoms with Gasteiger partial charge in [-0.25, -0.2) is 0 Å². The van der Waals surface area contributed by atoms with Gasteiger partial charge in [0.1, 0.15) is 12.3 Å². The first-order chi connectivity index (χ1) is 19.3. The highest BCUT2D eigenvalue weighted by atomic mass is 32.2. The minimum absolute atomic E-state index is 0.156. The summed E-state index contributed by atoms with van der Waals surface area (Å²) >= 11 is 0.735. The Morgan fingerprint density at radius 3 is 2.40 bits per heavy atom. The van der Waals surface area contributed by atoms with Gasteiger partial charge in [0.05, 0.1) is 24.8 Å². The number of carbonyl (C=O) groups is 4. The number of methoxy groups -OCH3 is 2. The van der Waals surface area contributed by atoms with Gasteiger partial charge in [-0.15, -0.1) is 0 Å². The van der Waals surface area contributed by atoms with Gasteiger partial charge in [0.25, 0.3) is 17.1 Å². The molecule has 3 aromatic rings. The number of nitrogens with one attached hydrogen (secondary N) is 2. The van der Waals surface area contributed by atoms with Crippen molar-refractivity contribution in [2.24, 2.45) is 0 Å². The Balaban J connectivity index is 1.38. The second kappa shape index (κ2) is 12.9. The van der Waals surface area contributed by atoms with Gasteiger partial charge in [-0.2, -0.15) is 0 Å². The van der Waals surface area contributed by atoms with E-state index in [2.05, 4.69) is 10.6 Å². The normalized spacial score (nSPS) is 13.8. The van der Waals surface area contributed by atoms with E-state index in [1.54, 1.807) is 48.5 Å². The molecule has 0 spiro atoms. The molecule has 0 unspecified atom stereocenters. The lowest BCUT2D eigenvalue weighted by Gasteiger charge is -2.14. The van der Waals surface area contributed by atoms with Gasteiger partial charge < -0.3 is 24.8 Å². The average molecular weight is 562 g/mol. The highest BCUT2D eigenvalue weighted by Crippen LogP contribution is 2.34. The maximum absolute atomic E-state index is 12.9. The van der Waals surface area contributed by atoms with E-state index in [4.69, 9.17) is 14.2 Å². The fourth-order valence-corrected chi connectivity index (χ4v) is 4.66. The van der Waals surface area contributed by atoms with Crippen molar-refractivity contribution in [3.8, 4) is 17.2 Å². The molecule has 11 heteroatoms. The van der Waals surface area contributed by atoms with Crippen molar-refractivity contribution >= 4 is 52.2 Å². The fraction of sp³-hybridized carbons (Fsp3) is 0.172. The molecule has 0 bridgehead atoms. The van der Waals surface area contributed by atoms with Crippen molar-refractivity contribution in [2.45, 2.75) is 6.92 Å². The standard InChI is InChI=1S/C29H27N3O7S/c1-18-7-6-8-20(13-18)30-27(34)17-39-23-12-11-19(14-24(23)38-3)15-25-28(35)32(29(36)40-25)16-26(33)31-21-9-4-5-10-22(21)37-2/h4-15H,16-17H2,1-3H3,(H,30,34)(H,31,33)/b25-15+. The molecule has 10 nitrogen and oxygen atoms in total. The number of anilines is 2. The first kappa shape index (κ1) is 28.2. The lowest BCUT2D eigenvalue weighted by molar-refractivity contribution is -0.127. The summed E-state index contributed by atoms with van der Waals surface area (Å²) in [5, 5.41) is 4.87. The highest BCUT2D eigenvalue weighted by molar-refractivity contribution is 8.18. The first-order valence-corrected chi connectivity index (χ1v) is 12.9. The topological polar surface area (TPSA) is 123 Å². The van der Waals surface area contributed by atoms with Crippen molar-refractivity contribution in [3.05, 3.63) is 82.8 Å². The van der Waals surface area contributed by atoms with E-state index < -0.39 is 23.6 Å². The van der Waals surface area contributed by atoms with Crippen LogP contribution in [0.4, 0.5) is 16.2 Å². The molecule has 2 N–H and O–H groups in total. The van der Waals surface area contributed by atoms with Crippen LogP contribution in [-0.4, -0.2) is 55.2 Å². The quantitative estimate of drug-likeness (QED) is 0.342. The highest BCUT2D eigenvalue weighted by Gasteiger charge is 2.36. The molecule has 1 saturated heterocycles. The summed E-state index contributed by atoms with van der Waals surface area (Å²) in [5.74, 6) is -0.328. The van der Waals surface area contributed by atoms with Crippen molar-refractivity contribution in [1.82, 2.24) is 4.90 Å². The van der Waals surface area contributed by atoms with Crippen molar-refractivity contribution in [1.29, 1.82) is 0 Å². The molecule has 40 heavy (non-hydrogen) atoms. The first-order valence-electron chi connectivity index (χ1n) is 12.1. The Morgan fingerprint density at radius 2 is 1.65 bits per heavy atom. The Kier molecular flexibility index (Phi) is 9.07. The number of hydrogen-bond acceptors (Lipinski definition) is 8. The van der Waals surface area contributed by atoms with Crippen LogP contribution in [0.5, 0.6) is 17.2 Å². The zero-order valence-corrected chi connectivity index (χ0v) is 22.9. The molecule has 0 aromatic heterocycles. The van der Waals surface area contributed by atoms with Gasteiger partial charge in [0.15, 0.2) is 18.1 Å². The third-order valence-electron chi connectivity index (χ3n) is 5.70. The third kappa shape index (κ3) is 7.00. The monoisotopic (exact) mass is 561 g/mol. The van der Waals surface area contributed by atoms with Crippen molar-refractivity contribution in [3.63, 3.8) is 0 Å². The minimum atomic E-state index is -0.586. The van der Waals surface area contributed by atoms with E-state index in [1.807, 2.05) is 25.1 Å². The summed E-state index contributed by atoms with van der Waals surface area (Å²) in [6.07, 6.45) is 1.53. The molecule has 0 saturated carbocycles. The van der Waals surface area contributed by atoms with Crippen LogP contribution in [0.3, 0.4) is 0 Å². The van der Waals surface area contributed by atoms with Crippen LogP contribution >= 0.6 is 11.8 Å². The summed E-state index contributed by atoms with van der Waals surface area (Å²) in [7, 11) is 2.93. The predicted octanol–water partition coefficient (Wildman–Crippen LogP) is 4.70.